The van der Waals surface area contributed by atoms with Crippen LogP contribution < -0.4 is 22.9 Å². The minimum atomic E-state index is -1.36. The largest absolute Gasteiger partial charge is 0.398 e. The van der Waals surface area contributed by atoms with Gasteiger partial charge in [0.2, 0.25) is 0 Å². The first kappa shape index (κ1) is 10.4. The van der Waals surface area contributed by atoms with E-state index in [2.05, 4.69) is 6.92 Å². The van der Waals surface area contributed by atoms with Gasteiger partial charge in [0.25, 0.3) is 0 Å². The molecule has 0 spiro atoms. The van der Waals surface area contributed by atoms with Crippen LogP contribution >= 0.6 is 0 Å². The van der Waals surface area contributed by atoms with Crippen molar-refractivity contribution in [2.45, 2.75) is 31.0 Å². The number of hydrogen-bond donors (Lipinski definition) is 4. The average Bonchev–Trinajstić information content (AvgIpc) is 2.83. The maximum atomic E-state index is 5.80. The molecule has 0 heterocycles. The van der Waals surface area contributed by atoms with E-state index in [9.17, 15) is 0 Å². The predicted molar refractivity (Wildman–Crippen MR) is 61.7 cm³/mol. The van der Waals surface area contributed by atoms with E-state index < -0.39 is 5.79 Å². The molecule has 82 valence electrons. The molecule has 1 saturated carbocycles. The van der Waals surface area contributed by atoms with E-state index in [1.807, 2.05) is 18.2 Å². The molecule has 4 heteroatoms. The molecule has 8 N–H and O–H groups in total. The van der Waals surface area contributed by atoms with Crippen LogP contribution in [0.2, 0.25) is 0 Å². The monoisotopic (exact) mass is 206 g/mol. The number of nitrogens with two attached hydrogens (primary N) is 4. The summed E-state index contributed by atoms with van der Waals surface area (Å²) >= 11 is 0. The van der Waals surface area contributed by atoms with Gasteiger partial charge < -0.3 is 5.73 Å². The van der Waals surface area contributed by atoms with Gasteiger partial charge in [-0.15, -0.1) is 0 Å². The number of hydrogen-bond acceptors (Lipinski definition) is 4. The lowest BCUT2D eigenvalue weighted by molar-refractivity contribution is 0.489. The second-order valence-electron chi connectivity index (χ2n) is 4.80. The SMILES string of the molecule is CC1(c2ccc(N)c(C(N)(N)N)c2)CC1. The maximum absolute atomic E-state index is 5.80. The predicted octanol–water partition coefficient (Wildman–Crippen LogP) is 0.307. The molecule has 15 heavy (non-hydrogen) atoms. The zero-order valence-corrected chi connectivity index (χ0v) is 8.96. The summed E-state index contributed by atoms with van der Waals surface area (Å²) in [6.45, 7) is 2.22. The Morgan fingerprint density at radius 2 is 1.80 bits per heavy atom. The van der Waals surface area contributed by atoms with Gasteiger partial charge in [-0.1, -0.05) is 13.0 Å². The molecule has 1 aliphatic rings. The van der Waals surface area contributed by atoms with Crippen LogP contribution in [-0.4, -0.2) is 0 Å². The van der Waals surface area contributed by atoms with Gasteiger partial charge in [-0.25, -0.2) is 0 Å². The van der Waals surface area contributed by atoms with E-state index in [1.165, 1.54) is 18.4 Å². The third kappa shape index (κ3) is 1.84. The van der Waals surface area contributed by atoms with Crippen LogP contribution in [0, 0.1) is 0 Å². The van der Waals surface area contributed by atoms with Crippen LogP contribution in [0.4, 0.5) is 5.69 Å². The van der Waals surface area contributed by atoms with E-state index in [0.29, 0.717) is 11.3 Å². The fraction of sp³-hybridized carbons (Fsp3) is 0.455. The molecular formula is C11H18N4. The summed E-state index contributed by atoms with van der Waals surface area (Å²) in [5.41, 5.74) is 25.5. The minimum absolute atomic E-state index is 0.272. The van der Waals surface area contributed by atoms with E-state index >= 15 is 0 Å². The first-order chi connectivity index (χ1) is 6.83. The van der Waals surface area contributed by atoms with Crippen molar-refractivity contribution in [3.63, 3.8) is 0 Å². The van der Waals surface area contributed by atoms with Gasteiger partial charge in [0, 0.05) is 11.3 Å². The van der Waals surface area contributed by atoms with E-state index in [1.54, 1.807) is 0 Å². The van der Waals surface area contributed by atoms with E-state index in [0.717, 1.165) is 0 Å². The van der Waals surface area contributed by atoms with Crippen molar-refractivity contribution in [3.8, 4) is 0 Å². The summed E-state index contributed by atoms with van der Waals surface area (Å²) < 4.78 is 0. The van der Waals surface area contributed by atoms with Crippen molar-refractivity contribution in [1.82, 2.24) is 0 Å². The Bertz CT molecular complexity index is 388. The van der Waals surface area contributed by atoms with Gasteiger partial charge in [-0.2, -0.15) is 0 Å². The van der Waals surface area contributed by atoms with Gasteiger partial charge in [-0.05, 0) is 36.0 Å². The fourth-order valence-corrected chi connectivity index (χ4v) is 1.78. The topological polar surface area (TPSA) is 104 Å². The van der Waals surface area contributed by atoms with E-state index in [4.69, 9.17) is 22.9 Å². The quantitative estimate of drug-likeness (QED) is 0.413. The number of benzene rings is 1. The molecule has 0 atom stereocenters. The van der Waals surface area contributed by atoms with Crippen LogP contribution in [0.1, 0.15) is 30.9 Å². The first-order valence-corrected chi connectivity index (χ1v) is 5.10. The number of nitrogen functional groups attached to an aromatic ring is 1. The maximum Gasteiger partial charge on any atom is 0.144 e. The zero-order valence-electron chi connectivity index (χ0n) is 8.96. The van der Waals surface area contributed by atoms with Crippen molar-refractivity contribution in [2.75, 3.05) is 5.73 Å². The summed E-state index contributed by atoms with van der Waals surface area (Å²) in [6, 6.07) is 5.79. The fourth-order valence-electron chi connectivity index (χ4n) is 1.78. The van der Waals surface area contributed by atoms with Gasteiger partial charge in [0.05, 0.1) is 0 Å². The molecule has 4 nitrogen and oxygen atoms in total. The lowest BCUT2D eigenvalue weighted by atomic mass is 9.94. The molecule has 0 amide bonds. The standard InChI is InChI=1S/C11H18N4/c1-10(4-5-10)7-2-3-9(12)8(6-7)11(13,14)15/h2-3,6H,4-5,12-15H2,1H3. The second-order valence-corrected chi connectivity index (χ2v) is 4.80. The van der Waals surface area contributed by atoms with E-state index in [-0.39, 0.29) is 5.41 Å². The number of anilines is 1. The summed E-state index contributed by atoms with van der Waals surface area (Å²) in [5, 5.41) is 0. The van der Waals surface area contributed by atoms with Crippen LogP contribution in [0.3, 0.4) is 0 Å². The summed E-state index contributed by atoms with van der Waals surface area (Å²) in [4.78, 5) is 0. The van der Waals surface area contributed by atoms with Crippen molar-refractivity contribution < 1.29 is 0 Å². The Kier molecular flexibility index (Phi) is 2.05. The highest BCUT2D eigenvalue weighted by atomic mass is 15.1. The lowest BCUT2D eigenvalue weighted by Gasteiger charge is -2.23. The Labute approximate surface area is 89.6 Å². The molecule has 0 bridgehead atoms. The van der Waals surface area contributed by atoms with Crippen LogP contribution in [0.5, 0.6) is 0 Å². The smallest absolute Gasteiger partial charge is 0.144 e. The van der Waals surface area contributed by atoms with Crippen LogP contribution in [0.15, 0.2) is 18.2 Å². The third-order valence-electron chi connectivity index (χ3n) is 3.22. The van der Waals surface area contributed by atoms with Crippen molar-refractivity contribution in [2.24, 2.45) is 17.2 Å². The van der Waals surface area contributed by atoms with Gasteiger partial charge in [-0.3, -0.25) is 17.2 Å². The Balaban J connectivity index is 2.46. The molecule has 0 saturated heterocycles. The normalized spacial score (nSPS) is 18.9. The Hall–Kier alpha value is -1.10. The van der Waals surface area contributed by atoms with Crippen molar-refractivity contribution in [1.29, 1.82) is 0 Å². The summed E-state index contributed by atoms with van der Waals surface area (Å²) in [5.74, 6) is -1.36. The summed E-state index contributed by atoms with van der Waals surface area (Å²) in [6.07, 6.45) is 2.39. The first-order valence-electron chi connectivity index (χ1n) is 5.10. The zero-order chi connectivity index (χ0) is 11.3. The molecule has 0 aromatic heterocycles. The van der Waals surface area contributed by atoms with Gasteiger partial charge >= 0.3 is 0 Å². The minimum Gasteiger partial charge on any atom is -0.398 e. The molecule has 0 aliphatic heterocycles. The molecule has 0 radical (unpaired) electrons. The molecule has 1 aliphatic carbocycles. The molecule has 1 aromatic carbocycles. The third-order valence-corrected chi connectivity index (χ3v) is 3.22. The highest BCUT2D eigenvalue weighted by Crippen LogP contribution is 2.48. The van der Waals surface area contributed by atoms with Crippen molar-refractivity contribution >= 4 is 5.69 Å². The number of rotatable bonds is 2. The molecule has 1 aromatic rings. The highest BCUT2D eigenvalue weighted by molar-refractivity contribution is 5.53. The Morgan fingerprint density at radius 1 is 1.20 bits per heavy atom. The Morgan fingerprint density at radius 3 is 2.27 bits per heavy atom. The van der Waals surface area contributed by atoms with Gasteiger partial charge in [0.15, 0.2) is 0 Å². The van der Waals surface area contributed by atoms with Gasteiger partial charge in [0.1, 0.15) is 5.79 Å². The van der Waals surface area contributed by atoms with Crippen LogP contribution in [0.25, 0.3) is 0 Å². The molecule has 1 fully saturated rings. The van der Waals surface area contributed by atoms with Crippen LogP contribution in [-0.2, 0) is 11.2 Å². The highest BCUT2D eigenvalue weighted by Gasteiger charge is 2.39. The average molecular weight is 206 g/mol. The molecule has 2 rings (SSSR count). The second kappa shape index (κ2) is 2.95. The molecule has 0 unspecified atom stereocenters. The van der Waals surface area contributed by atoms with Crippen molar-refractivity contribution in [3.05, 3.63) is 29.3 Å². The lowest BCUT2D eigenvalue weighted by Crippen LogP contribution is -2.54. The molecular weight excluding hydrogens is 188 g/mol. The summed E-state index contributed by atoms with van der Waals surface area (Å²) in [7, 11) is 0.